The van der Waals surface area contributed by atoms with Crippen molar-refractivity contribution in [1.82, 2.24) is 4.57 Å². The van der Waals surface area contributed by atoms with E-state index in [1.165, 1.54) is 4.90 Å². The van der Waals surface area contributed by atoms with E-state index >= 15 is 0 Å². The molecule has 2 heterocycles. The number of esters is 1. The maximum absolute atomic E-state index is 12.6. The number of methoxy groups -OCH3 is 1. The van der Waals surface area contributed by atoms with Crippen molar-refractivity contribution in [3.63, 3.8) is 0 Å². The summed E-state index contributed by atoms with van der Waals surface area (Å²) in [6.45, 7) is 0.0462. The molecule has 1 aliphatic rings. The Morgan fingerprint density at radius 2 is 2.04 bits per heavy atom. The molecule has 3 rings (SSSR count). The number of ether oxygens (including phenoxy) is 1. The SMILES string of the molecule is COC(=O)c1cc([N+](=O)[O-])c(=O)n(CC(=O)N2CCc3ccccc32)c1. The summed E-state index contributed by atoms with van der Waals surface area (Å²) in [4.78, 5) is 48.3. The third-order valence-electron chi connectivity index (χ3n) is 4.18. The standard InChI is InChI=1S/C17H15N3O6/c1-26-17(23)12-8-14(20(24)25)16(22)18(9-12)10-15(21)19-7-6-11-4-2-3-5-13(11)19/h2-5,8-9H,6-7,10H2,1H3. The third kappa shape index (κ3) is 3.06. The van der Waals surface area contributed by atoms with E-state index in [-0.39, 0.29) is 5.56 Å². The number of pyridine rings is 1. The molecule has 1 aromatic carbocycles. The van der Waals surface area contributed by atoms with Gasteiger partial charge in [-0.2, -0.15) is 0 Å². The van der Waals surface area contributed by atoms with E-state index in [1.54, 1.807) is 12.1 Å². The van der Waals surface area contributed by atoms with Gasteiger partial charge in [0.05, 0.1) is 17.6 Å². The summed E-state index contributed by atoms with van der Waals surface area (Å²) in [6.07, 6.45) is 1.79. The Balaban J connectivity index is 1.96. The first-order valence-electron chi connectivity index (χ1n) is 7.78. The van der Waals surface area contributed by atoms with Crippen LogP contribution in [0, 0.1) is 10.1 Å². The molecule has 9 heteroatoms. The number of benzene rings is 1. The molecule has 0 radical (unpaired) electrons. The van der Waals surface area contributed by atoms with Crippen LogP contribution in [0.4, 0.5) is 11.4 Å². The Hall–Kier alpha value is -3.49. The van der Waals surface area contributed by atoms with Gasteiger partial charge in [0.1, 0.15) is 6.54 Å². The fraction of sp³-hybridized carbons (Fsp3) is 0.235. The number of rotatable bonds is 4. The van der Waals surface area contributed by atoms with Crippen LogP contribution < -0.4 is 10.5 Å². The molecule has 1 aromatic heterocycles. The van der Waals surface area contributed by atoms with Crippen LogP contribution in [0.5, 0.6) is 0 Å². The van der Waals surface area contributed by atoms with Gasteiger partial charge in [0.2, 0.25) is 5.91 Å². The maximum Gasteiger partial charge on any atom is 0.339 e. The van der Waals surface area contributed by atoms with Crippen LogP contribution in [-0.4, -0.2) is 35.0 Å². The molecule has 0 fully saturated rings. The van der Waals surface area contributed by atoms with Crippen molar-refractivity contribution >= 4 is 23.3 Å². The van der Waals surface area contributed by atoms with Gasteiger partial charge in [0.15, 0.2) is 0 Å². The average Bonchev–Trinajstić information content (AvgIpc) is 3.06. The van der Waals surface area contributed by atoms with Crippen molar-refractivity contribution in [3.8, 4) is 0 Å². The third-order valence-corrected chi connectivity index (χ3v) is 4.18. The van der Waals surface area contributed by atoms with E-state index in [0.717, 1.165) is 35.2 Å². The summed E-state index contributed by atoms with van der Waals surface area (Å²) in [5, 5.41) is 11.1. The first-order chi connectivity index (χ1) is 12.4. The fourth-order valence-electron chi connectivity index (χ4n) is 2.93. The summed E-state index contributed by atoms with van der Waals surface area (Å²) < 4.78 is 5.41. The number of para-hydroxylation sites is 1. The molecule has 9 nitrogen and oxygen atoms in total. The lowest BCUT2D eigenvalue weighted by atomic mass is 10.2. The Kier molecular flexibility index (Phi) is 4.53. The highest BCUT2D eigenvalue weighted by atomic mass is 16.6. The van der Waals surface area contributed by atoms with Crippen LogP contribution in [0.2, 0.25) is 0 Å². The molecule has 2 aromatic rings. The first-order valence-corrected chi connectivity index (χ1v) is 7.78. The smallest absolute Gasteiger partial charge is 0.339 e. The molecule has 0 saturated carbocycles. The summed E-state index contributed by atoms with van der Waals surface area (Å²) in [7, 11) is 1.12. The molecule has 1 aliphatic heterocycles. The van der Waals surface area contributed by atoms with Gasteiger partial charge in [-0.3, -0.25) is 24.3 Å². The molecular weight excluding hydrogens is 342 g/mol. The highest BCUT2D eigenvalue weighted by molar-refractivity contribution is 5.95. The van der Waals surface area contributed by atoms with Gasteiger partial charge in [0, 0.05) is 24.5 Å². The summed E-state index contributed by atoms with van der Waals surface area (Å²) in [6, 6.07) is 8.24. The number of aromatic nitrogens is 1. The molecule has 0 bridgehead atoms. The van der Waals surface area contributed by atoms with E-state index < -0.39 is 34.6 Å². The number of nitrogens with zero attached hydrogens (tertiary/aromatic N) is 3. The van der Waals surface area contributed by atoms with Crippen LogP contribution in [0.3, 0.4) is 0 Å². The summed E-state index contributed by atoms with van der Waals surface area (Å²) >= 11 is 0. The monoisotopic (exact) mass is 357 g/mol. The van der Waals surface area contributed by atoms with E-state index in [4.69, 9.17) is 0 Å². The highest BCUT2D eigenvalue weighted by Crippen LogP contribution is 2.27. The van der Waals surface area contributed by atoms with Crippen LogP contribution in [0.1, 0.15) is 15.9 Å². The topological polar surface area (TPSA) is 112 Å². The predicted molar refractivity (Wildman–Crippen MR) is 91.2 cm³/mol. The lowest BCUT2D eigenvalue weighted by Crippen LogP contribution is -2.36. The minimum absolute atomic E-state index is 0.173. The number of hydrogen-bond donors (Lipinski definition) is 0. The van der Waals surface area contributed by atoms with Gasteiger partial charge in [-0.05, 0) is 18.1 Å². The zero-order valence-electron chi connectivity index (χ0n) is 13.9. The molecule has 0 saturated heterocycles. The van der Waals surface area contributed by atoms with Crippen LogP contribution >= 0.6 is 0 Å². The quantitative estimate of drug-likeness (QED) is 0.461. The van der Waals surface area contributed by atoms with Crippen molar-refractivity contribution in [2.24, 2.45) is 0 Å². The van der Waals surface area contributed by atoms with Gasteiger partial charge in [0.25, 0.3) is 0 Å². The summed E-state index contributed by atoms with van der Waals surface area (Å²) in [5.74, 6) is -1.23. The minimum Gasteiger partial charge on any atom is -0.465 e. The zero-order valence-corrected chi connectivity index (χ0v) is 13.9. The van der Waals surface area contributed by atoms with Gasteiger partial charge in [-0.15, -0.1) is 0 Å². The number of hydrogen-bond acceptors (Lipinski definition) is 6. The number of anilines is 1. The second-order valence-electron chi connectivity index (χ2n) is 5.72. The van der Waals surface area contributed by atoms with Crippen molar-refractivity contribution < 1.29 is 19.2 Å². The number of fused-ring (bicyclic) bond motifs is 1. The van der Waals surface area contributed by atoms with E-state index in [1.807, 2.05) is 12.1 Å². The lowest BCUT2D eigenvalue weighted by molar-refractivity contribution is -0.386. The van der Waals surface area contributed by atoms with Gasteiger partial charge >= 0.3 is 17.2 Å². The Bertz CT molecular complexity index is 965. The Morgan fingerprint density at radius 3 is 2.73 bits per heavy atom. The molecule has 26 heavy (non-hydrogen) atoms. The van der Waals surface area contributed by atoms with E-state index in [9.17, 15) is 24.5 Å². The lowest BCUT2D eigenvalue weighted by Gasteiger charge is -2.18. The van der Waals surface area contributed by atoms with Crippen molar-refractivity contribution in [1.29, 1.82) is 0 Å². The number of carbonyl (C=O) groups is 2. The van der Waals surface area contributed by atoms with Crippen molar-refractivity contribution in [2.45, 2.75) is 13.0 Å². The molecule has 0 spiro atoms. The second kappa shape index (κ2) is 6.79. The normalized spacial score (nSPS) is 12.6. The number of amides is 1. The molecule has 1 amide bonds. The van der Waals surface area contributed by atoms with Gasteiger partial charge in [-0.25, -0.2) is 4.79 Å². The number of nitro groups is 1. The first kappa shape index (κ1) is 17.3. The van der Waals surface area contributed by atoms with Crippen molar-refractivity contribution in [3.05, 3.63) is 68.1 Å². The van der Waals surface area contributed by atoms with Crippen molar-refractivity contribution in [2.75, 3.05) is 18.6 Å². The minimum atomic E-state index is -0.955. The number of carbonyl (C=O) groups excluding carboxylic acids is 2. The summed E-state index contributed by atoms with van der Waals surface area (Å²) in [5.41, 5.74) is -0.147. The second-order valence-corrected chi connectivity index (χ2v) is 5.72. The molecule has 0 atom stereocenters. The Labute approximate surface area is 147 Å². The largest absolute Gasteiger partial charge is 0.465 e. The zero-order chi connectivity index (χ0) is 18.8. The van der Waals surface area contributed by atoms with E-state index in [0.29, 0.717) is 13.0 Å². The highest BCUT2D eigenvalue weighted by Gasteiger charge is 2.26. The fourth-order valence-corrected chi connectivity index (χ4v) is 2.93. The van der Waals surface area contributed by atoms with Crippen LogP contribution in [0.25, 0.3) is 0 Å². The molecular formula is C17H15N3O6. The molecule has 0 aliphatic carbocycles. The van der Waals surface area contributed by atoms with Crippen LogP contribution in [-0.2, 0) is 22.5 Å². The predicted octanol–water partition coefficient (Wildman–Crippen LogP) is 1.13. The van der Waals surface area contributed by atoms with Crippen LogP contribution in [0.15, 0.2) is 41.3 Å². The molecule has 0 unspecified atom stereocenters. The molecule has 0 N–H and O–H groups in total. The maximum atomic E-state index is 12.6. The molecule has 134 valence electrons. The van der Waals surface area contributed by atoms with Gasteiger partial charge < -0.3 is 9.64 Å². The van der Waals surface area contributed by atoms with Gasteiger partial charge in [-0.1, -0.05) is 18.2 Å². The van der Waals surface area contributed by atoms with E-state index in [2.05, 4.69) is 4.74 Å². The average molecular weight is 357 g/mol. The Morgan fingerprint density at radius 1 is 1.31 bits per heavy atom.